The van der Waals surface area contributed by atoms with Crippen molar-refractivity contribution in [1.82, 2.24) is 9.80 Å². The van der Waals surface area contributed by atoms with Crippen molar-refractivity contribution in [3.63, 3.8) is 0 Å². The molecule has 0 aliphatic carbocycles. The lowest BCUT2D eigenvalue weighted by molar-refractivity contribution is -0.158. The Balaban J connectivity index is 1.79. The van der Waals surface area contributed by atoms with Gasteiger partial charge in [-0.2, -0.15) is 0 Å². The molecular weight excluding hydrogens is 336 g/mol. The maximum atomic E-state index is 13.0. The quantitative estimate of drug-likeness (QED) is 0.698. The summed E-state index contributed by atoms with van der Waals surface area (Å²) in [6, 6.07) is 0. The molecule has 3 aliphatic rings. The molecule has 0 N–H and O–H groups in total. The van der Waals surface area contributed by atoms with Gasteiger partial charge in [0.25, 0.3) is 0 Å². The second-order valence-corrected chi connectivity index (χ2v) is 7.75. The standard InChI is InChI=1S/C19H30N2O5/c1-3-26-18(24)19-7-4-8-20(17(23)15-5-9-25-10-6-15)11-16(19)12-21(13-19)14(2)22/h15-16H,3-13H2,1-2H3/t16-,19-/m0/s1. The summed E-state index contributed by atoms with van der Waals surface area (Å²) in [4.78, 5) is 41.4. The fraction of sp³-hybridized carbons (Fsp3) is 0.842. The molecule has 3 heterocycles. The molecule has 0 bridgehead atoms. The van der Waals surface area contributed by atoms with Gasteiger partial charge in [0.2, 0.25) is 11.8 Å². The predicted octanol–water partition coefficient (Wildman–Crippen LogP) is 1.06. The van der Waals surface area contributed by atoms with Crippen LogP contribution in [0.5, 0.6) is 0 Å². The molecule has 0 spiro atoms. The Hall–Kier alpha value is -1.63. The monoisotopic (exact) mass is 366 g/mol. The van der Waals surface area contributed by atoms with E-state index in [9.17, 15) is 14.4 Å². The van der Waals surface area contributed by atoms with Crippen molar-refractivity contribution < 1.29 is 23.9 Å². The number of hydrogen-bond donors (Lipinski definition) is 0. The van der Waals surface area contributed by atoms with E-state index in [-0.39, 0.29) is 29.6 Å². The van der Waals surface area contributed by atoms with E-state index in [4.69, 9.17) is 9.47 Å². The molecule has 0 aromatic heterocycles. The van der Waals surface area contributed by atoms with Gasteiger partial charge in [-0.05, 0) is 32.6 Å². The maximum absolute atomic E-state index is 13.0. The van der Waals surface area contributed by atoms with E-state index in [1.165, 1.54) is 6.92 Å². The summed E-state index contributed by atoms with van der Waals surface area (Å²) in [5.74, 6) is -0.103. The number of carbonyl (C=O) groups is 3. The molecule has 0 radical (unpaired) electrons. The zero-order valence-electron chi connectivity index (χ0n) is 15.9. The smallest absolute Gasteiger partial charge is 0.314 e. The Labute approximate surface area is 155 Å². The third-order valence-corrected chi connectivity index (χ3v) is 6.20. The van der Waals surface area contributed by atoms with E-state index in [1.54, 1.807) is 11.8 Å². The van der Waals surface area contributed by atoms with E-state index in [2.05, 4.69) is 0 Å². The Kier molecular flexibility index (Phi) is 5.85. The van der Waals surface area contributed by atoms with Crippen LogP contribution in [0.2, 0.25) is 0 Å². The van der Waals surface area contributed by atoms with Crippen LogP contribution in [0.15, 0.2) is 0 Å². The molecule has 2 amide bonds. The molecule has 146 valence electrons. The number of amides is 2. The average Bonchev–Trinajstić information content (AvgIpc) is 2.91. The highest BCUT2D eigenvalue weighted by Crippen LogP contribution is 2.44. The van der Waals surface area contributed by atoms with Gasteiger partial charge in [-0.3, -0.25) is 14.4 Å². The molecule has 26 heavy (non-hydrogen) atoms. The largest absolute Gasteiger partial charge is 0.466 e. The van der Waals surface area contributed by atoms with Crippen molar-refractivity contribution in [1.29, 1.82) is 0 Å². The Morgan fingerprint density at radius 2 is 1.85 bits per heavy atom. The minimum atomic E-state index is -0.674. The van der Waals surface area contributed by atoms with E-state index in [0.29, 0.717) is 52.4 Å². The molecule has 3 rings (SSSR count). The zero-order valence-corrected chi connectivity index (χ0v) is 15.9. The molecule has 0 unspecified atom stereocenters. The first-order valence-corrected chi connectivity index (χ1v) is 9.77. The lowest BCUT2D eigenvalue weighted by Crippen LogP contribution is -2.45. The van der Waals surface area contributed by atoms with Gasteiger partial charge >= 0.3 is 5.97 Å². The van der Waals surface area contributed by atoms with Crippen LogP contribution in [0.25, 0.3) is 0 Å². The van der Waals surface area contributed by atoms with Crippen molar-refractivity contribution in [2.75, 3.05) is 46.0 Å². The van der Waals surface area contributed by atoms with Crippen LogP contribution in [0.3, 0.4) is 0 Å². The van der Waals surface area contributed by atoms with E-state index >= 15 is 0 Å². The summed E-state index contributed by atoms with van der Waals surface area (Å²) < 4.78 is 10.8. The highest BCUT2D eigenvalue weighted by atomic mass is 16.5. The van der Waals surface area contributed by atoms with Gasteiger partial charge in [0, 0.05) is 58.2 Å². The minimum absolute atomic E-state index is 0.0177. The van der Waals surface area contributed by atoms with Gasteiger partial charge in [-0.1, -0.05) is 0 Å². The van der Waals surface area contributed by atoms with Gasteiger partial charge in [0.15, 0.2) is 0 Å². The lowest BCUT2D eigenvalue weighted by atomic mass is 9.75. The highest BCUT2D eigenvalue weighted by molar-refractivity contribution is 5.82. The normalized spacial score (nSPS) is 29.8. The average molecular weight is 366 g/mol. The molecule has 7 heteroatoms. The first-order valence-electron chi connectivity index (χ1n) is 9.77. The minimum Gasteiger partial charge on any atom is -0.466 e. The Morgan fingerprint density at radius 1 is 1.15 bits per heavy atom. The van der Waals surface area contributed by atoms with Gasteiger partial charge in [-0.25, -0.2) is 0 Å². The molecule has 0 aromatic rings. The van der Waals surface area contributed by atoms with Crippen LogP contribution >= 0.6 is 0 Å². The SMILES string of the molecule is CCOC(=O)[C@]12CCCN(C(=O)C3CCOCC3)C[C@H]1CN(C(C)=O)C2. The molecule has 0 aromatic carbocycles. The summed E-state index contributed by atoms with van der Waals surface area (Å²) in [6.07, 6.45) is 2.96. The van der Waals surface area contributed by atoms with Gasteiger partial charge < -0.3 is 19.3 Å². The summed E-state index contributed by atoms with van der Waals surface area (Å²) in [6.45, 7) is 7.08. The van der Waals surface area contributed by atoms with Crippen LogP contribution in [0, 0.1) is 17.3 Å². The van der Waals surface area contributed by atoms with Crippen LogP contribution in [0.4, 0.5) is 0 Å². The number of carbonyl (C=O) groups excluding carboxylic acids is 3. The number of nitrogens with zero attached hydrogens (tertiary/aromatic N) is 2. The number of rotatable bonds is 3. The molecule has 3 saturated heterocycles. The van der Waals surface area contributed by atoms with Crippen molar-refractivity contribution in [3.05, 3.63) is 0 Å². The van der Waals surface area contributed by atoms with E-state index in [1.807, 2.05) is 4.90 Å². The Morgan fingerprint density at radius 3 is 2.50 bits per heavy atom. The summed E-state index contributed by atoms with van der Waals surface area (Å²) >= 11 is 0. The number of esters is 1. The first kappa shape index (κ1) is 19.1. The van der Waals surface area contributed by atoms with Crippen LogP contribution < -0.4 is 0 Å². The number of ether oxygens (including phenoxy) is 2. The van der Waals surface area contributed by atoms with Crippen LogP contribution in [0.1, 0.15) is 39.5 Å². The zero-order chi connectivity index (χ0) is 18.7. The van der Waals surface area contributed by atoms with Crippen molar-refractivity contribution in [3.8, 4) is 0 Å². The summed E-state index contributed by atoms with van der Waals surface area (Å²) in [5.41, 5.74) is -0.674. The molecule has 3 fully saturated rings. The van der Waals surface area contributed by atoms with E-state index in [0.717, 1.165) is 19.3 Å². The fourth-order valence-electron chi connectivity index (χ4n) is 4.68. The second kappa shape index (κ2) is 7.94. The fourth-order valence-corrected chi connectivity index (χ4v) is 4.68. The third kappa shape index (κ3) is 3.59. The van der Waals surface area contributed by atoms with E-state index < -0.39 is 5.41 Å². The molecule has 0 saturated carbocycles. The second-order valence-electron chi connectivity index (χ2n) is 7.75. The molecule has 2 atom stereocenters. The lowest BCUT2D eigenvalue weighted by Gasteiger charge is -2.32. The number of hydrogen-bond acceptors (Lipinski definition) is 5. The topological polar surface area (TPSA) is 76.2 Å². The predicted molar refractivity (Wildman–Crippen MR) is 94.2 cm³/mol. The van der Waals surface area contributed by atoms with Crippen molar-refractivity contribution in [2.24, 2.45) is 17.3 Å². The number of likely N-dealkylation sites (tertiary alicyclic amines) is 2. The van der Waals surface area contributed by atoms with Crippen LogP contribution in [-0.2, 0) is 23.9 Å². The van der Waals surface area contributed by atoms with Gasteiger partial charge in [0.05, 0.1) is 12.0 Å². The maximum Gasteiger partial charge on any atom is 0.314 e. The number of fused-ring (bicyclic) bond motifs is 1. The summed E-state index contributed by atoms with van der Waals surface area (Å²) in [7, 11) is 0. The molecule has 3 aliphatic heterocycles. The van der Waals surface area contributed by atoms with Crippen LogP contribution in [-0.4, -0.2) is 73.6 Å². The molecular formula is C19H30N2O5. The first-order chi connectivity index (χ1) is 12.5. The summed E-state index contributed by atoms with van der Waals surface area (Å²) in [5, 5.41) is 0. The highest BCUT2D eigenvalue weighted by Gasteiger charge is 2.55. The Bertz CT molecular complexity index is 560. The van der Waals surface area contributed by atoms with Crippen molar-refractivity contribution >= 4 is 17.8 Å². The van der Waals surface area contributed by atoms with Crippen molar-refractivity contribution in [2.45, 2.75) is 39.5 Å². The van der Waals surface area contributed by atoms with Gasteiger partial charge in [-0.15, -0.1) is 0 Å². The molecule has 7 nitrogen and oxygen atoms in total. The third-order valence-electron chi connectivity index (χ3n) is 6.20. The van der Waals surface area contributed by atoms with Gasteiger partial charge in [0.1, 0.15) is 0 Å².